The molecule has 0 amide bonds. The lowest BCUT2D eigenvalue weighted by molar-refractivity contribution is 0.732. The standard InChI is InChI=1S/C11H14N2O/c1-5-8-9(6-2)12-10(7-3)13(4)11(8)14/h5-6H,1-2,7H2,3-4H3. The molecule has 1 aromatic heterocycles. The predicted molar refractivity (Wildman–Crippen MR) is 59.0 cm³/mol. The second kappa shape index (κ2) is 4.05. The normalized spacial score (nSPS) is 9.86. The number of aromatic nitrogens is 2. The van der Waals surface area contributed by atoms with Crippen LogP contribution in [0.1, 0.15) is 24.0 Å². The van der Waals surface area contributed by atoms with Crippen molar-refractivity contribution in [3.8, 4) is 0 Å². The van der Waals surface area contributed by atoms with Crippen molar-refractivity contribution >= 4 is 12.2 Å². The maximum Gasteiger partial charge on any atom is 0.261 e. The third-order valence-electron chi connectivity index (χ3n) is 2.16. The molecule has 0 bridgehead atoms. The minimum absolute atomic E-state index is 0.0678. The Kier molecular flexibility index (Phi) is 3.02. The highest BCUT2D eigenvalue weighted by atomic mass is 16.1. The molecule has 74 valence electrons. The van der Waals surface area contributed by atoms with Gasteiger partial charge in [-0.1, -0.05) is 26.2 Å². The molecule has 0 aliphatic heterocycles. The summed E-state index contributed by atoms with van der Waals surface area (Å²) in [7, 11) is 1.72. The number of nitrogens with zero attached hydrogens (tertiary/aromatic N) is 2. The largest absolute Gasteiger partial charge is 0.299 e. The molecule has 0 atom stereocenters. The van der Waals surface area contributed by atoms with Crippen LogP contribution in [0, 0.1) is 0 Å². The molecule has 3 heteroatoms. The van der Waals surface area contributed by atoms with Gasteiger partial charge in [0.25, 0.3) is 5.56 Å². The fraction of sp³-hybridized carbons (Fsp3) is 0.273. The highest BCUT2D eigenvalue weighted by Crippen LogP contribution is 2.05. The molecule has 1 rings (SSSR count). The number of aryl methyl sites for hydroxylation is 1. The van der Waals surface area contributed by atoms with E-state index in [1.165, 1.54) is 6.08 Å². The van der Waals surface area contributed by atoms with E-state index in [0.29, 0.717) is 11.3 Å². The molecule has 1 aromatic rings. The molecular formula is C11H14N2O. The van der Waals surface area contributed by atoms with Crippen molar-refractivity contribution in [2.45, 2.75) is 13.3 Å². The molecule has 0 fully saturated rings. The quantitative estimate of drug-likeness (QED) is 0.726. The second-order valence-corrected chi connectivity index (χ2v) is 2.95. The summed E-state index contributed by atoms with van der Waals surface area (Å²) in [4.78, 5) is 16.1. The van der Waals surface area contributed by atoms with Gasteiger partial charge in [0.1, 0.15) is 5.82 Å². The van der Waals surface area contributed by atoms with Crippen molar-refractivity contribution in [1.82, 2.24) is 9.55 Å². The van der Waals surface area contributed by atoms with Gasteiger partial charge in [0.2, 0.25) is 0 Å². The van der Waals surface area contributed by atoms with E-state index in [9.17, 15) is 4.79 Å². The Morgan fingerprint density at radius 1 is 1.43 bits per heavy atom. The maximum atomic E-state index is 11.8. The van der Waals surface area contributed by atoms with E-state index in [1.54, 1.807) is 17.7 Å². The molecule has 0 aliphatic rings. The van der Waals surface area contributed by atoms with Crippen molar-refractivity contribution < 1.29 is 0 Å². The summed E-state index contributed by atoms with van der Waals surface area (Å²) in [6.07, 6.45) is 3.83. The van der Waals surface area contributed by atoms with Gasteiger partial charge < -0.3 is 0 Å². The van der Waals surface area contributed by atoms with Gasteiger partial charge in [-0.3, -0.25) is 9.36 Å². The Labute approximate surface area is 83.4 Å². The fourth-order valence-electron chi connectivity index (χ4n) is 1.35. The minimum atomic E-state index is -0.0678. The molecule has 0 saturated heterocycles. The molecule has 0 saturated carbocycles. The summed E-state index contributed by atoms with van der Waals surface area (Å²) >= 11 is 0. The first kappa shape index (κ1) is 10.4. The topological polar surface area (TPSA) is 34.9 Å². The Balaban J connectivity index is 3.62. The highest BCUT2D eigenvalue weighted by Gasteiger charge is 2.08. The van der Waals surface area contributed by atoms with E-state index in [4.69, 9.17) is 0 Å². The zero-order valence-corrected chi connectivity index (χ0v) is 8.58. The van der Waals surface area contributed by atoms with Crippen molar-refractivity contribution in [2.75, 3.05) is 0 Å². The number of hydrogen-bond donors (Lipinski definition) is 0. The monoisotopic (exact) mass is 190 g/mol. The van der Waals surface area contributed by atoms with E-state index in [0.717, 1.165) is 12.2 Å². The van der Waals surface area contributed by atoms with Gasteiger partial charge in [0.15, 0.2) is 0 Å². The van der Waals surface area contributed by atoms with E-state index < -0.39 is 0 Å². The summed E-state index contributed by atoms with van der Waals surface area (Å²) in [5.41, 5.74) is 1.06. The third kappa shape index (κ3) is 1.53. The van der Waals surface area contributed by atoms with E-state index in [2.05, 4.69) is 18.1 Å². The Morgan fingerprint density at radius 2 is 2.07 bits per heavy atom. The lowest BCUT2D eigenvalue weighted by Gasteiger charge is -2.08. The van der Waals surface area contributed by atoms with E-state index >= 15 is 0 Å². The molecule has 0 aliphatic carbocycles. The van der Waals surface area contributed by atoms with Crippen LogP contribution in [0.25, 0.3) is 12.2 Å². The Bertz CT molecular complexity index is 430. The molecular weight excluding hydrogens is 176 g/mol. The van der Waals surface area contributed by atoms with Crippen molar-refractivity contribution in [3.63, 3.8) is 0 Å². The van der Waals surface area contributed by atoms with Crippen LogP contribution in [0.3, 0.4) is 0 Å². The molecule has 1 heterocycles. The van der Waals surface area contributed by atoms with Gasteiger partial charge in [-0.25, -0.2) is 4.98 Å². The zero-order chi connectivity index (χ0) is 10.7. The molecule has 14 heavy (non-hydrogen) atoms. The molecule has 0 aromatic carbocycles. The molecule has 3 nitrogen and oxygen atoms in total. The van der Waals surface area contributed by atoms with Crippen LogP contribution in [-0.2, 0) is 13.5 Å². The van der Waals surface area contributed by atoms with E-state index in [-0.39, 0.29) is 5.56 Å². The first-order valence-corrected chi connectivity index (χ1v) is 4.50. The number of hydrogen-bond acceptors (Lipinski definition) is 2. The van der Waals surface area contributed by atoms with Crippen LogP contribution in [0.4, 0.5) is 0 Å². The summed E-state index contributed by atoms with van der Waals surface area (Å²) in [6, 6.07) is 0. The third-order valence-corrected chi connectivity index (χ3v) is 2.16. The summed E-state index contributed by atoms with van der Waals surface area (Å²) in [5, 5.41) is 0. The molecule has 0 N–H and O–H groups in total. The predicted octanol–water partition coefficient (Wildman–Crippen LogP) is 1.63. The lowest BCUT2D eigenvalue weighted by Crippen LogP contribution is -2.25. The average Bonchev–Trinajstić information content (AvgIpc) is 2.21. The van der Waals surface area contributed by atoms with Crippen LogP contribution in [-0.4, -0.2) is 9.55 Å². The van der Waals surface area contributed by atoms with E-state index in [1.807, 2.05) is 6.92 Å². The van der Waals surface area contributed by atoms with Gasteiger partial charge in [-0.05, 0) is 6.08 Å². The van der Waals surface area contributed by atoms with Gasteiger partial charge in [-0.15, -0.1) is 0 Å². The summed E-state index contributed by atoms with van der Waals surface area (Å²) < 4.78 is 1.55. The smallest absolute Gasteiger partial charge is 0.261 e. The van der Waals surface area contributed by atoms with Gasteiger partial charge in [0, 0.05) is 13.5 Å². The van der Waals surface area contributed by atoms with Crippen molar-refractivity contribution in [3.05, 3.63) is 40.6 Å². The average molecular weight is 190 g/mol. The lowest BCUT2D eigenvalue weighted by atomic mass is 10.2. The fourth-order valence-corrected chi connectivity index (χ4v) is 1.35. The van der Waals surface area contributed by atoms with Crippen molar-refractivity contribution in [2.24, 2.45) is 7.05 Å². The van der Waals surface area contributed by atoms with Gasteiger partial charge in [0.05, 0.1) is 11.3 Å². The first-order chi connectivity index (χ1) is 6.65. The zero-order valence-electron chi connectivity index (χ0n) is 8.58. The Hall–Kier alpha value is -1.64. The summed E-state index contributed by atoms with van der Waals surface area (Å²) in [5.74, 6) is 0.760. The summed E-state index contributed by atoms with van der Waals surface area (Å²) in [6.45, 7) is 9.18. The number of rotatable bonds is 3. The second-order valence-electron chi connectivity index (χ2n) is 2.95. The highest BCUT2D eigenvalue weighted by molar-refractivity contribution is 5.59. The minimum Gasteiger partial charge on any atom is -0.299 e. The maximum absolute atomic E-state index is 11.8. The van der Waals surface area contributed by atoms with Crippen LogP contribution in [0.15, 0.2) is 18.0 Å². The first-order valence-electron chi connectivity index (χ1n) is 4.50. The van der Waals surface area contributed by atoms with Crippen LogP contribution < -0.4 is 5.56 Å². The molecule has 0 unspecified atom stereocenters. The van der Waals surface area contributed by atoms with Gasteiger partial charge >= 0.3 is 0 Å². The van der Waals surface area contributed by atoms with Crippen molar-refractivity contribution in [1.29, 1.82) is 0 Å². The molecule has 0 radical (unpaired) electrons. The van der Waals surface area contributed by atoms with Crippen LogP contribution in [0.2, 0.25) is 0 Å². The Morgan fingerprint density at radius 3 is 2.50 bits per heavy atom. The van der Waals surface area contributed by atoms with Crippen LogP contribution in [0.5, 0.6) is 0 Å². The SMILES string of the molecule is C=Cc1nc(CC)n(C)c(=O)c1C=C. The molecule has 0 spiro atoms. The van der Waals surface area contributed by atoms with Gasteiger partial charge in [-0.2, -0.15) is 0 Å². The van der Waals surface area contributed by atoms with Crippen LogP contribution >= 0.6 is 0 Å².